The number of methoxy groups -OCH3 is 1. The van der Waals surface area contributed by atoms with Crippen LogP contribution in [-0.4, -0.2) is 37.6 Å². The number of piperidine rings is 1. The molecule has 1 aromatic carbocycles. The first-order valence-electron chi connectivity index (χ1n) is 9.24. The minimum absolute atomic E-state index is 0.0676. The van der Waals surface area contributed by atoms with Gasteiger partial charge in [-0.3, -0.25) is 9.69 Å². The third-order valence-electron chi connectivity index (χ3n) is 4.78. The van der Waals surface area contributed by atoms with Crippen molar-refractivity contribution in [3.8, 4) is 5.75 Å². The van der Waals surface area contributed by atoms with Gasteiger partial charge in [0.25, 0.3) is 0 Å². The number of hydrogen-bond acceptors (Lipinski definition) is 4. The van der Waals surface area contributed by atoms with Crippen LogP contribution < -0.4 is 10.1 Å². The normalized spacial score (nSPS) is 16.4. The van der Waals surface area contributed by atoms with Crippen LogP contribution in [0.2, 0.25) is 0 Å². The Balaban J connectivity index is 1.63. The zero-order chi connectivity index (χ0) is 19.1. The molecule has 0 spiro atoms. The first-order chi connectivity index (χ1) is 13.2. The van der Waals surface area contributed by atoms with Crippen molar-refractivity contribution in [1.29, 1.82) is 0 Å². The molecule has 0 bridgehead atoms. The van der Waals surface area contributed by atoms with E-state index in [0.29, 0.717) is 6.54 Å². The Hall–Kier alpha value is -2.05. The molecule has 1 amide bonds. The van der Waals surface area contributed by atoms with E-state index in [1.807, 2.05) is 30.3 Å². The minimum Gasteiger partial charge on any atom is -0.496 e. The molecule has 6 heteroatoms. The average Bonchev–Trinajstić information content (AvgIpc) is 3.22. The van der Waals surface area contributed by atoms with E-state index in [2.05, 4.69) is 26.1 Å². The van der Waals surface area contributed by atoms with Gasteiger partial charge in [-0.25, -0.2) is 0 Å². The first kappa shape index (κ1) is 19.7. The van der Waals surface area contributed by atoms with Crippen molar-refractivity contribution >= 4 is 27.9 Å². The van der Waals surface area contributed by atoms with Crippen LogP contribution in [0.15, 0.2) is 51.6 Å². The van der Waals surface area contributed by atoms with Crippen LogP contribution in [0.25, 0.3) is 6.08 Å². The lowest BCUT2D eigenvalue weighted by Crippen LogP contribution is -2.40. The van der Waals surface area contributed by atoms with Crippen LogP contribution in [-0.2, 0) is 4.79 Å². The van der Waals surface area contributed by atoms with Crippen LogP contribution in [0, 0.1) is 0 Å². The Morgan fingerprint density at radius 2 is 2.15 bits per heavy atom. The van der Waals surface area contributed by atoms with Crippen molar-refractivity contribution in [3.05, 3.63) is 58.5 Å². The predicted octanol–water partition coefficient (Wildman–Crippen LogP) is 4.41. The summed E-state index contributed by atoms with van der Waals surface area (Å²) in [5.41, 5.74) is 0.848. The fourth-order valence-corrected chi connectivity index (χ4v) is 3.76. The van der Waals surface area contributed by atoms with Crippen molar-refractivity contribution < 1.29 is 13.9 Å². The number of furan rings is 1. The standard InChI is InChI=1S/C21H25BrN2O3/c1-26-19-9-8-17(22)14-16(19)7-10-21(25)23-15-18(20-6-5-13-27-20)24-11-3-2-4-12-24/h5-10,13-14,18H,2-4,11-12,15H2,1H3,(H,23,25)/b10-7-/t18-/m0/s1. The van der Waals surface area contributed by atoms with Crippen LogP contribution >= 0.6 is 15.9 Å². The van der Waals surface area contributed by atoms with E-state index in [-0.39, 0.29) is 11.9 Å². The SMILES string of the molecule is COc1ccc(Br)cc1/C=C\C(=O)NC[C@@H](c1ccco1)N1CCCCC1. The maximum absolute atomic E-state index is 12.4. The molecule has 144 valence electrons. The smallest absolute Gasteiger partial charge is 0.244 e. The summed E-state index contributed by atoms with van der Waals surface area (Å²) in [4.78, 5) is 14.8. The van der Waals surface area contributed by atoms with Gasteiger partial charge in [-0.15, -0.1) is 0 Å². The van der Waals surface area contributed by atoms with Crippen LogP contribution in [0.1, 0.15) is 36.6 Å². The maximum atomic E-state index is 12.4. The molecular formula is C21H25BrN2O3. The van der Waals surface area contributed by atoms with Crippen LogP contribution in [0.4, 0.5) is 0 Å². The number of halogens is 1. The molecule has 0 saturated carbocycles. The molecule has 3 rings (SSSR count). The van der Waals surface area contributed by atoms with E-state index in [0.717, 1.165) is 34.6 Å². The van der Waals surface area contributed by atoms with Crippen molar-refractivity contribution in [2.45, 2.75) is 25.3 Å². The Bertz CT molecular complexity index is 768. The number of likely N-dealkylation sites (tertiary alicyclic amines) is 1. The van der Waals surface area contributed by atoms with Crippen molar-refractivity contribution in [2.75, 3.05) is 26.7 Å². The lowest BCUT2D eigenvalue weighted by Gasteiger charge is -2.33. The summed E-state index contributed by atoms with van der Waals surface area (Å²) in [6.07, 6.45) is 8.64. The quantitative estimate of drug-likeness (QED) is 0.658. The van der Waals surface area contributed by atoms with Gasteiger partial charge in [0.2, 0.25) is 5.91 Å². The lowest BCUT2D eigenvalue weighted by molar-refractivity contribution is -0.116. The molecule has 1 N–H and O–H groups in total. The number of hydrogen-bond donors (Lipinski definition) is 1. The molecule has 27 heavy (non-hydrogen) atoms. The summed E-state index contributed by atoms with van der Waals surface area (Å²) in [5, 5.41) is 3.01. The Morgan fingerprint density at radius 1 is 1.33 bits per heavy atom. The van der Waals surface area contributed by atoms with Gasteiger partial charge in [-0.1, -0.05) is 22.4 Å². The van der Waals surface area contributed by atoms with Crippen molar-refractivity contribution in [1.82, 2.24) is 10.2 Å². The fourth-order valence-electron chi connectivity index (χ4n) is 3.38. The first-order valence-corrected chi connectivity index (χ1v) is 10.0. The molecule has 1 atom stereocenters. The summed E-state index contributed by atoms with van der Waals surface area (Å²) in [6, 6.07) is 9.63. The zero-order valence-corrected chi connectivity index (χ0v) is 17.1. The largest absolute Gasteiger partial charge is 0.496 e. The minimum atomic E-state index is -0.134. The topological polar surface area (TPSA) is 54.7 Å². The molecule has 0 aliphatic carbocycles. The third kappa shape index (κ3) is 5.47. The van der Waals surface area contributed by atoms with Gasteiger partial charge in [0, 0.05) is 22.7 Å². The Kier molecular flexibility index (Phi) is 7.12. The van der Waals surface area contributed by atoms with Gasteiger partial charge in [0.1, 0.15) is 11.5 Å². The Labute approximate surface area is 168 Å². The maximum Gasteiger partial charge on any atom is 0.244 e. The molecule has 5 nitrogen and oxygen atoms in total. The second kappa shape index (κ2) is 9.76. The third-order valence-corrected chi connectivity index (χ3v) is 5.27. The van der Waals surface area contributed by atoms with Gasteiger partial charge < -0.3 is 14.5 Å². The lowest BCUT2D eigenvalue weighted by atomic mass is 10.1. The summed E-state index contributed by atoms with van der Waals surface area (Å²) >= 11 is 3.44. The number of benzene rings is 1. The second-order valence-corrected chi connectivity index (χ2v) is 7.51. The number of nitrogens with zero attached hydrogens (tertiary/aromatic N) is 1. The molecule has 0 unspecified atom stereocenters. The molecule has 1 saturated heterocycles. The monoisotopic (exact) mass is 432 g/mol. The summed E-state index contributed by atoms with van der Waals surface area (Å²) in [7, 11) is 1.62. The molecular weight excluding hydrogens is 408 g/mol. The van der Waals surface area contributed by atoms with Gasteiger partial charge in [-0.05, 0) is 62.3 Å². The highest BCUT2D eigenvalue weighted by Crippen LogP contribution is 2.25. The number of ether oxygens (including phenoxy) is 1. The number of carbonyl (C=O) groups excluding carboxylic acids is 1. The summed E-state index contributed by atoms with van der Waals surface area (Å²) < 4.78 is 11.9. The molecule has 1 aliphatic rings. The van der Waals surface area contributed by atoms with Gasteiger partial charge in [0.05, 0.1) is 19.4 Å². The van der Waals surface area contributed by atoms with Crippen molar-refractivity contribution in [2.24, 2.45) is 0 Å². The predicted molar refractivity (Wildman–Crippen MR) is 110 cm³/mol. The molecule has 0 radical (unpaired) electrons. The van der Waals surface area contributed by atoms with E-state index >= 15 is 0 Å². The van der Waals surface area contributed by atoms with E-state index in [9.17, 15) is 4.79 Å². The number of carbonyl (C=O) groups is 1. The van der Waals surface area contributed by atoms with E-state index < -0.39 is 0 Å². The summed E-state index contributed by atoms with van der Waals surface area (Å²) in [5.74, 6) is 1.49. The second-order valence-electron chi connectivity index (χ2n) is 6.59. The summed E-state index contributed by atoms with van der Waals surface area (Å²) in [6.45, 7) is 2.59. The van der Waals surface area contributed by atoms with Gasteiger partial charge in [0.15, 0.2) is 0 Å². The molecule has 2 aromatic rings. The molecule has 1 fully saturated rings. The Morgan fingerprint density at radius 3 is 2.85 bits per heavy atom. The van der Waals surface area contributed by atoms with Crippen LogP contribution in [0.5, 0.6) is 5.75 Å². The number of amides is 1. The average molecular weight is 433 g/mol. The highest BCUT2D eigenvalue weighted by atomic mass is 79.9. The van der Waals surface area contributed by atoms with E-state index in [1.54, 1.807) is 25.5 Å². The van der Waals surface area contributed by atoms with E-state index in [4.69, 9.17) is 9.15 Å². The zero-order valence-electron chi connectivity index (χ0n) is 15.5. The highest BCUT2D eigenvalue weighted by Gasteiger charge is 2.24. The van der Waals surface area contributed by atoms with Gasteiger partial charge in [-0.2, -0.15) is 0 Å². The molecule has 2 heterocycles. The number of rotatable bonds is 7. The van der Waals surface area contributed by atoms with Crippen molar-refractivity contribution in [3.63, 3.8) is 0 Å². The fraction of sp³-hybridized carbons (Fsp3) is 0.381. The number of nitrogens with one attached hydrogen (secondary N) is 1. The van der Waals surface area contributed by atoms with E-state index in [1.165, 1.54) is 19.3 Å². The van der Waals surface area contributed by atoms with Gasteiger partial charge >= 0.3 is 0 Å². The molecule has 1 aromatic heterocycles. The highest BCUT2D eigenvalue weighted by molar-refractivity contribution is 9.10. The molecule has 1 aliphatic heterocycles. The van der Waals surface area contributed by atoms with Crippen LogP contribution in [0.3, 0.4) is 0 Å².